The van der Waals surface area contributed by atoms with E-state index in [2.05, 4.69) is 10.3 Å². The fourth-order valence-corrected chi connectivity index (χ4v) is 3.05. The van der Waals surface area contributed by atoms with Gasteiger partial charge in [-0.1, -0.05) is 18.2 Å². The normalized spacial score (nSPS) is 14.5. The average molecular weight is 309 g/mol. The summed E-state index contributed by atoms with van der Waals surface area (Å²) in [6.07, 6.45) is 0.732. The summed E-state index contributed by atoms with van der Waals surface area (Å²) in [5.41, 5.74) is 2.32. The molecule has 23 heavy (non-hydrogen) atoms. The summed E-state index contributed by atoms with van der Waals surface area (Å²) in [7, 11) is 0. The molecule has 0 fully saturated rings. The van der Waals surface area contributed by atoms with Gasteiger partial charge in [0, 0.05) is 26.1 Å². The largest absolute Gasteiger partial charge is 0.315 e. The van der Waals surface area contributed by atoms with Crippen LogP contribution in [0.5, 0.6) is 0 Å². The molecule has 0 saturated carbocycles. The molecule has 4 rings (SSSR count). The van der Waals surface area contributed by atoms with E-state index in [0.717, 1.165) is 36.5 Å². The molecular weight excluding hydrogens is 293 g/mol. The number of hydrogen-bond donors (Lipinski definition) is 1. The highest BCUT2D eigenvalue weighted by Crippen LogP contribution is 2.23. The lowest BCUT2D eigenvalue weighted by molar-refractivity contribution is 0.627. The minimum atomic E-state index is -0.274. The Bertz CT molecular complexity index is 949. The van der Waals surface area contributed by atoms with E-state index in [4.69, 9.17) is 0 Å². The maximum Gasteiger partial charge on any atom is 0.261 e. The number of halogens is 1. The molecule has 0 aliphatic carbocycles. The van der Waals surface area contributed by atoms with Gasteiger partial charge in [-0.2, -0.15) is 0 Å². The van der Waals surface area contributed by atoms with E-state index in [1.807, 2.05) is 18.2 Å². The lowest BCUT2D eigenvalue weighted by Gasteiger charge is -2.10. The molecule has 0 atom stereocenters. The predicted molar refractivity (Wildman–Crippen MR) is 88.0 cm³/mol. The molecule has 4 nitrogen and oxygen atoms in total. The number of nitrogens with one attached hydrogen (secondary N) is 1. The highest BCUT2D eigenvalue weighted by molar-refractivity contribution is 5.83. The van der Waals surface area contributed by atoms with Crippen molar-refractivity contribution in [2.75, 3.05) is 13.1 Å². The summed E-state index contributed by atoms with van der Waals surface area (Å²) in [4.78, 5) is 17.3. The Kier molecular flexibility index (Phi) is 3.42. The van der Waals surface area contributed by atoms with E-state index in [0.29, 0.717) is 17.4 Å². The van der Waals surface area contributed by atoms with Crippen molar-refractivity contribution in [1.29, 1.82) is 0 Å². The first kappa shape index (κ1) is 14.1. The van der Waals surface area contributed by atoms with Crippen molar-refractivity contribution in [3.8, 4) is 11.1 Å². The van der Waals surface area contributed by atoms with Gasteiger partial charge in [0.15, 0.2) is 0 Å². The molecule has 0 spiro atoms. The van der Waals surface area contributed by atoms with Gasteiger partial charge in [0.25, 0.3) is 5.56 Å². The standard InChI is InChI=1S/C18H16FN3O/c19-14-3-1-2-12(10-14)13-4-5-15-16(11-13)21-17-6-7-20-8-9-22(17)18(15)23/h1-5,10-11,20H,6-9H2. The van der Waals surface area contributed by atoms with Crippen LogP contribution in [0.2, 0.25) is 0 Å². The Morgan fingerprint density at radius 1 is 1.09 bits per heavy atom. The van der Waals surface area contributed by atoms with Gasteiger partial charge in [0.1, 0.15) is 11.6 Å². The second kappa shape index (κ2) is 5.59. The third-order valence-electron chi connectivity index (χ3n) is 4.23. The van der Waals surface area contributed by atoms with Crippen LogP contribution in [0.15, 0.2) is 47.3 Å². The first-order chi connectivity index (χ1) is 11.2. The van der Waals surface area contributed by atoms with Crippen LogP contribution in [0, 0.1) is 5.82 Å². The molecule has 0 unspecified atom stereocenters. The zero-order valence-corrected chi connectivity index (χ0v) is 12.6. The second-order valence-electron chi connectivity index (χ2n) is 5.73. The first-order valence-corrected chi connectivity index (χ1v) is 7.72. The van der Waals surface area contributed by atoms with Crippen LogP contribution in [-0.4, -0.2) is 22.6 Å². The Morgan fingerprint density at radius 2 is 1.96 bits per heavy atom. The van der Waals surface area contributed by atoms with E-state index < -0.39 is 0 Å². The number of rotatable bonds is 1. The Hall–Kier alpha value is -2.53. The van der Waals surface area contributed by atoms with Crippen molar-refractivity contribution >= 4 is 10.9 Å². The predicted octanol–water partition coefficient (Wildman–Crippen LogP) is 2.35. The van der Waals surface area contributed by atoms with Crippen LogP contribution in [0.1, 0.15) is 5.82 Å². The van der Waals surface area contributed by atoms with Crippen molar-refractivity contribution < 1.29 is 4.39 Å². The van der Waals surface area contributed by atoms with E-state index >= 15 is 0 Å². The monoisotopic (exact) mass is 309 g/mol. The van der Waals surface area contributed by atoms with Gasteiger partial charge < -0.3 is 5.32 Å². The number of hydrogen-bond acceptors (Lipinski definition) is 3. The van der Waals surface area contributed by atoms with E-state index in [1.165, 1.54) is 12.1 Å². The molecule has 1 aromatic heterocycles. The molecule has 2 heterocycles. The number of nitrogens with zero attached hydrogens (tertiary/aromatic N) is 2. The summed E-state index contributed by atoms with van der Waals surface area (Å²) in [6, 6.07) is 11.9. The van der Waals surface area contributed by atoms with Crippen molar-refractivity contribution in [2.24, 2.45) is 0 Å². The fraction of sp³-hybridized carbons (Fsp3) is 0.222. The first-order valence-electron chi connectivity index (χ1n) is 7.72. The van der Waals surface area contributed by atoms with Crippen LogP contribution in [-0.2, 0) is 13.0 Å². The molecule has 3 aromatic rings. The third kappa shape index (κ3) is 2.53. The maximum absolute atomic E-state index is 13.4. The quantitative estimate of drug-likeness (QED) is 0.750. The molecule has 0 bridgehead atoms. The van der Waals surface area contributed by atoms with Crippen LogP contribution in [0.4, 0.5) is 4.39 Å². The van der Waals surface area contributed by atoms with Gasteiger partial charge >= 0.3 is 0 Å². The Balaban J connectivity index is 1.91. The lowest BCUT2D eigenvalue weighted by atomic mass is 10.0. The van der Waals surface area contributed by atoms with Crippen molar-refractivity contribution in [2.45, 2.75) is 13.0 Å². The van der Waals surface area contributed by atoms with E-state index in [-0.39, 0.29) is 11.4 Å². The molecule has 5 heteroatoms. The number of aromatic nitrogens is 2. The molecule has 1 aliphatic heterocycles. The van der Waals surface area contributed by atoms with E-state index in [9.17, 15) is 9.18 Å². The van der Waals surface area contributed by atoms with Crippen LogP contribution in [0.3, 0.4) is 0 Å². The van der Waals surface area contributed by atoms with E-state index in [1.54, 1.807) is 16.7 Å². The number of benzene rings is 2. The van der Waals surface area contributed by atoms with Gasteiger partial charge in [-0.15, -0.1) is 0 Å². The SMILES string of the molecule is O=c1c2ccc(-c3cccc(F)c3)cc2nc2n1CCNCC2. The van der Waals surface area contributed by atoms with Crippen LogP contribution < -0.4 is 10.9 Å². The highest BCUT2D eigenvalue weighted by atomic mass is 19.1. The van der Waals surface area contributed by atoms with Gasteiger partial charge in [0.05, 0.1) is 10.9 Å². The topological polar surface area (TPSA) is 46.9 Å². The van der Waals surface area contributed by atoms with Crippen molar-refractivity contribution in [3.05, 3.63) is 64.5 Å². The zero-order chi connectivity index (χ0) is 15.8. The van der Waals surface area contributed by atoms with Gasteiger partial charge in [-0.3, -0.25) is 9.36 Å². The van der Waals surface area contributed by atoms with Gasteiger partial charge in [0.2, 0.25) is 0 Å². The zero-order valence-electron chi connectivity index (χ0n) is 12.6. The molecule has 0 saturated heterocycles. The maximum atomic E-state index is 13.4. The second-order valence-corrected chi connectivity index (χ2v) is 5.73. The van der Waals surface area contributed by atoms with Gasteiger partial charge in [-0.25, -0.2) is 9.37 Å². The minimum Gasteiger partial charge on any atom is -0.315 e. The average Bonchev–Trinajstić information content (AvgIpc) is 2.80. The van der Waals surface area contributed by atoms with Gasteiger partial charge in [-0.05, 0) is 35.4 Å². The summed E-state index contributed by atoms with van der Waals surface area (Å²) in [5, 5.41) is 3.89. The number of fused-ring (bicyclic) bond motifs is 2. The fourth-order valence-electron chi connectivity index (χ4n) is 3.05. The molecule has 116 valence electrons. The molecule has 1 N–H and O–H groups in total. The molecule has 2 aromatic carbocycles. The van der Waals surface area contributed by atoms with Crippen molar-refractivity contribution in [3.63, 3.8) is 0 Å². The highest BCUT2D eigenvalue weighted by Gasteiger charge is 2.13. The summed E-state index contributed by atoms with van der Waals surface area (Å²) >= 11 is 0. The molecule has 1 aliphatic rings. The third-order valence-corrected chi connectivity index (χ3v) is 4.23. The summed E-state index contributed by atoms with van der Waals surface area (Å²) in [6.45, 7) is 2.24. The van der Waals surface area contributed by atoms with Crippen LogP contribution in [0.25, 0.3) is 22.0 Å². The Morgan fingerprint density at radius 3 is 2.83 bits per heavy atom. The summed E-state index contributed by atoms with van der Waals surface area (Å²) < 4.78 is 15.2. The molecule has 0 amide bonds. The molecule has 0 radical (unpaired) electrons. The molecular formula is C18H16FN3O. The Labute approximate surface area is 132 Å². The van der Waals surface area contributed by atoms with Crippen LogP contribution >= 0.6 is 0 Å². The van der Waals surface area contributed by atoms with Crippen molar-refractivity contribution in [1.82, 2.24) is 14.9 Å². The smallest absolute Gasteiger partial charge is 0.261 e. The summed E-state index contributed by atoms with van der Waals surface area (Å²) in [5.74, 6) is 0.535. The lowest BCUT2D eigenvalue weighted by Crippen LogP contribution is -2.26. The minimum absolute atomic E-state index is 0.000470.